The molecule has 1 saturated heterocycles. The molecule has 0 aliphatic carbocycles. The number of aryl methyl sites for hydroxylation is 2. The average molecular weight is 352 g/mol. The molecule has 0 bridgehead atoms. The summed E-state index contributed by atoms with van der Waals surface area (Å²) in [6.45, 7) is 4.98. The largest absolute Gasteiger partial charge is 0.467 e. The summed E-state index contributed by atoms with van der Waals surface area (Å²) in [5.74, 6) is 0.447. The van der Waals surface area contributed by atoms with E-state index in [1.807, 2.05) is 31.0 Å². The molecule has 7 heteroatoms. The number of hydrogen-bond acceptors (Lipinski definition) is 6. The Morgan fingerprint density at radius 1 is 1.23 bits per heavy atom. The summed E-state index contributed by atoms with van der Waals surface area (Å²) < 4.78 is 6.91. The number of methoxy groups -OCH3 is 1. The molecule has 0 spiro atoms. The van der Waals surface area contributed by atoms with Gasteiger partial charge in [-0.25, -0.2) is 15.0 Å². The standard InChI is InChI=1S/C19H24N6O/c1-13-16-6-7-17(22-18(16)24(2)23-13)15-5-4-8-25(12-15)11-14-9-20-19(26-3)21-10-14/h6-7,9-10,15H,4-5,8,11-12H2,1-3H3/t15-/m0/s1. The van der Waals surface area contributed by atoms with E-state index in [2.05, 4.69) is 32.1 Å². The first-order valence-corrected chi connectivity index (χ1v) is 9.01. The molecule has 1 aliphatic heterocycles. The van der Waals surface area contributed by atoms with Gasteiger partial charge in [-0.05, 0) is 38.4 Å². The molecule has 1 fully saturated rings. The third-order valence-electron chi connectivity index (χ3n) is 5.09. The lowest BCUT2D eigenvalue weighted by Gasteiger charge is -2.32. The van der Waals surface area contributed by atoms with Crippen molar-refractivity contribution >= 4 is 11.0 Å². The van der Waals surface area contributed by atoms with Crippen molar-refractivity contribution in [2.24, 2.45) is 7.05 Å². The smallest absolute Gasteiger partial charge is 0.316 e. The van der Waals surface area contributed by atoms with Gasteiger partial charge in [0.25, 0.3) is 0 Å². The van der Waals surface area contributed by atoms with Gasteiger partial charge in [0.2, 0.25) is 0 Å². The van der Waals surface area contributed by atoms with E-state index in [1.165, 1.54) is 12.8 Å². The first-order valence-electron chi connectivity index (χ1n) is 9.01. The highest BCUT2D eigenvalue weighted by molar-refractivity contribution is 5.78. The lowest BCUT2D eigenvalue weighted by molar-refractivity contribution is 0.198. The number of pyridine rings is 1. The Labute approximate surface area is 153 Å². The maximum atomic E-state index is 5.03. The number of hydrogen-bond donors (Lipinski definition) is 0. The van der Waals surface area contributed by atoms with Crippen molar-refractivity contribution in [3.8, 4) is 6.01 Å². The molecule has 136 valence electrons. The van der Waals surface area contributed by atoms with Crippen LogP contribution in [0.25, 0.3) is 11.0 Å². The molecule has 1 aliphatic rings. The van der Waals surface area contributed by atoms with Gasteiger partial charge in [-0.3, -0.25) is 9.58 Å². The van der Waals surface area contributed by atoms with Crippen molar-refractivity contribution in [2.75, 3.05) is 20.2 Å². The monoisotopic (exact) mass is 352 g/mol. The summed E-state index contributed by atoms with van der Waals surface area (Å²) in [7, 11) is 3.54. The Morgan fingerprint density at radius 3 is 2.81 bits per heavy atom. The number of aromatic nitrogens is 5. The molecule has 3 aromatic rings. The van der Waals surface area contributed by atoms with Crippen molar-refractivity contribution in [1.82, 2.24) is 29.6 Å². The Hall–Kier alpha value is -2.54. The fraction of sp³-hybridized carbons (Fsp3) is 0.474. The van der Waals surface area contributed by atoms with E-state index in [0.29, 0.717) is 11.9 Å². The molecule has 7 nitrogen and oxygen atoms in total. The molecule has 0 amide bonds. The molecule has 0 N–H and O–H groups in total. The van der Waals surface area contributed by atoms with E-state index in [4.69, 9.17) is 9.72 Å². The summed E-state index contributed by atoms with van der Waals surface area (Å²) >= 11 is 0. The maximum absolute atomic E-state index is 5.03. The van der Waals surface area contributed by atoms with Crippen molar-refractivity contribution in [2.45, 2.75) is 32.2 Å². The van der Waals surface area contributed by atoms with Gasteiger partial charge in [0, 0.05) is 55.1 Å². The van der Waals surface area contributed by atoms with Gasteiger partial charge in [-0.2, -0.15) is 5.10 Å². The molecule has 0 aromatic carbocycles. The number of likely N-dealkylation sites (tertiary alicyclic amines) is 1. The molecule has 0 unspecified atom stereocenters. The van der Waals surface area contributed by atoms with Gasteiger partial charge in [0.15, 0.2) is 5.65 Å². The lowest BCUT2D eigenvalue weighted by Crippen LogP contribution is -2.34. The zero-order chi connectivity index (χ0) is 18.1. The predicted octanol–water partition coefficient (Wildman–Crippen LogP) is 2.45. The van der Waals surface area contributed by atoms with E-state index < -0.39 is 0 Å². The second-order valence-corrected chi connectivity index (χ2v) is 6.97. The molecule has 1 atom stereocenters. The fourth-order valence-corrected chi connectivity index (χ4v) is 3.77. The summed E-state index contributed by atoms with van der Waals surface area (Å²) in [5, 5.41) is 5.62. The minimum absolute atomic E-state index is 0.411. The first kappa shape index (κ1) is 16.9. The molecular weight excluding hydrogens is 328 g/mol. The van der Waals surface area contributed by atoms with Gasteiger partial charge in [-0.1, -0.05) is 0 Å². The van der Waals surface area contributed by atoms with E-state index in [-0.39, 0.29) is 0 Å². The van der Waals surface area contributed by atoms with Crippen molar-refractivity contribution in [3.05, 3.63) is 41.5 Å². The van der Waals surface area contributed by atoms with Gasteiger partial charge >= 0.3 is 6.01 Å². The Kier molecular flexibility index (Phi) is 4.55. The molecular formula is C19H24N6O. The van der Waals surface area contributed by atoms with Crippen molar-refractivity contribution in [3.63, 3.8) is 0 Å². The third-order valence-corrected chi connectivity index (χ3v) is 5.09. The number of rotatable bonds is 4. The summed E-state index contributed by atoms with van der Waals surface area (Å²) in [6, 6.07) is 4.74. The number of nitrogens with zero attached hydrogens (tertiary/aromatic N) is 6. The van der Waals surface area contributed by atoms with Crippen LogP contribution in [0.3, 0.4) is 0 Å². The zero-order valence-electron chi connectivity index (χ0n) is 15.5. The maximum Gasteiger partial charge on any atom is 0.316 e. The van der Waals surface area contributed by atoms with Crippen molar-refractivity contribution < 1.29 is 4.74 Å². The second-order valence-electron chi connectivity index (χ2n) is 6.97. The molecule has 0 saturated carbocycles. The molecule has 4 heterocycles. The van der Waals surface area contributed by atoms with Crippen LogP contribution in [0, 0.1) is 6.92 Å². The molecule has 0 radical (unpaired) electrons. The van der Waals surface area contributed by atoms with Gasteiger partial charge in [0.05, 0.1) is 12.8 Å². The van der Waals surface area contributed by atoms with Crippen LogP contribution in [-0.4, -0.2) is 49.8 Å². The highest BCUT2D eigenvalue weighted by Crippen LogP contribution is 2.28. The van der Waals surface area contributed by atoms with Crippen LogP contribution in [0.2, 0.25) is 0 Å². The van der Waals surface area contributed by atoms with Crippen molar-refractivity contribution in [1.29, 1.82) is 0 Å². The van der Waals surface area contributed by atoms with Crippen LogP contribution in [0.5, 0.6) is 6.01 Å². The number of piperidine rings is 1. The number of fused-ring (bicyclic) bond motifs is 1. The topological polar surface area (TPSA) is 69.0 Å². The minimum atomic E-state index is 0.411. The highest BCUT2D eigenvalue weighted by atomic mass is 16.5. The Balaban J connectivity index is 1.50. The van der Waals surface area contributed by atoms with Crippen LogP contribution in [0.4, 0.5) is 0 Å². The Bertz CT molecular complexity index is 904. The normalized spacial score (nSPS) is 18.3. The van der Waals surface area contributed by atoms with Crippen LogP contribution in [0.1, 0.15) is 35.7 Å². The summed E-state index contributed by atoms with van der Waals surface area (Å²) in [5.41, 5.74) is 4.28. The van der Waals surface area contributed by atoms with Crippen LogP contribution in [-0.2, 0) is 13.6 Å². The Morgan fingerprint density at radius 2 is 2.04 bits per heavy atom. The summed E-state index contributed by atoms with van der Waals surface area (Å²) in [6.07, 6.45) is 6.03. The fourth-order valence-electron chi connectivity index (χ4n) is 3.77. The molecule has 26 heavy (non-hydrogen) atoms. The highest BCUT2D eigenvalue weighted by Gasteiger charge is 2.23. The van der Waals surface area contributed by atoms with E-state index in [1.54, 1.807) is 7.11 Å². The SMILES string of the molecule is COc1ncc(CN2CCC[C@H](c3ccc4c(C)nn(C)c4n3)C2)cn1. The summed E-state index contributed by atoms with van der Waals surface area (Å²) in [4.78, 5) is 15.8. The van der Waals surface area contributed by atoms with E-state index in [0.717, 1.165) is 47.6 Å². The predicted molar refractivity (Wildman–Crippen MR) is 99.1 cm³/mol. The lowest BCUT2D eigenvalue weighted by atomic mass is 9.94. The quantitative estimate of drug-likeness (QED) is 0.718. The van der Waals surface area contributed by atoms with Gasteiger partial charge in [-0.15, -0.1) is 0 Å². The van der Waals surface area contributed by atoms with E-state index in [9.17, 15) is 0 Å². The van der Waals surface area contributed by atoms with Crippen LogP contribution >= 0.6 is 0 Å². The molecule has 4 rings (SSSR count). The first-order chi connectivity index (χ1) is 12.6. The average Bonchev–Trinajstić information content (AvgIpc) is 2.96. The van der Waals surface area contributed by atoms with Gasteiger partial charge < -0.3 is 4.74 Å². The van der Waals surface area contributed by atoms with Crippen LogP contribution in [0.15, 0.2) is 24.5 Å². The van der Waals surface area contributed by atoms with E-state index >= 15 is 0 Å². The second kappa shape index (κ2) is 6.99. The molecule has 3 aromatic heterocycles. The minimum Gasteiger partial charge on any atom is -0.467 e. The third kappa shape index (κ3) is 3.26. The van der Waals surface area contributed by atoms with Gasteiger partial charge in [0.1, 0.15) is 0 Å². The zero-order valence-corrected chi connectivity index (χ0v) is 15.5. The van der Waals surface area contributed by atoms with Crippen LogP contribution < -0.4 is 4.74 Å². The number of ether oxygens (including phenoxy) is 1.